The molecule has 0 saturated carbocycles. The van der Waals surface area contributed by atoms with Crippen LogP contribution in [0.4, 0.5) is 0 Å². The summed E-state index contributed by atoms with van der Waals surface area (Å²) in [7, 11) is 0. The molecule has 1 aliphatic heterocycles. The SMILES string of the molecule is C=C1Cc2cc3ccccc3cc2S1. The first-order valence-corrected chi connectivity index (χ1v) is 5.52. The Balaban J connectivity index is 2.31. The molecule has 14 heavy (non-hydrogen) atoms. The fourth-order valence-corrected chi connectivity index (χ4v) is 2.89. The van der Waals surface area contributed by atoms with Crippen LogP contribution in [-0.2, 0) is 6.42 Å². The van der Waals surface area contributed by atoms with Gasteiger partial charge in [0.2, 0.25) is 0 Å². The molecule has 0 aromatic heterocycles. The smallest absolute Gasteiger partial charge is 0.0160 e. The molecule has 0 saturated heterocycles. The third-order valence-electron chi connectivity index (χ3n) is 2.57. The Hall–Kier alpha value is -1.21. The third kappa shape index (κ3) is 1.17. The van der Waals surface area contributed by atoms with E-state index in [0.29, 0.717) is 0 Å². The average molecular weight is 198 g/mol. The van der Waals surface area contributed by atoms with Crippen LogP contribution in [0.5, 0.6) is 0 Å². The molecule has 2 aromatic rings. The van der Waals surface area contributed by atoms with E-state index in [1.165, 1.54) is 26.1 Å². The molecule has 3 rings (SSSR count). The Morgan fingerprint density at radius 1 is 1.07 bits per heavy atom. The second-order valence-corrected chi connectivity index (χ2v) is 4.85. The van der Waals surface area contributed by atoms with E-state index < -0.39 is 0 Å². The Morgan fingerprint density at radius 2 is 1.79 bits per heavy atom. The molecule has 0 atom stereocenters. The zero-order chi connectivity index (χ0) is 9.54. The van der Waals surface area contributed by atoms with Gasteiger partial charge in [-0.3, -0.25) is 0 Å². The summed E-state index contributed by atoms with van der Waals surface area (Å²) in [5, 5.41) is 2.66. The molecule has 0 radical (unpaired) electrons. The van der Waals surface area contributed by atoms with Crippen molar-refractivity contribution in [2.75, 3.05) is 0 Å². The first-order chi connectivity index (χ1) is 6.83. The lowest BCUT2D eigenvalue weighted by molar-refractivity contribution is 1.23. The number of hydrogen-bond acceptors (Lipinski definition) is 1. The van der Waals surface area contributed by atoms with Gasteiger partial charge in [-0.15, -0.1) is 0 Å². The van der Waals surface area contributed by atoms with E-state index in [0.717, 1.165) is 6.42 Å². The third-order valence-corrected chi connectivity index (χ3v) is 3.60. The number of thioether (sulfide) groups is 1. The van der Waals surface area contributed by atoms with Crippen molar-refractivity contribution < 1.29 is 0 Å². The maximum absolute atomic E-state index is 4.02. The number of benzene rings is 2. The second-order valence-electron chi connectivity index (χ2n) is 3.62. The highest BCUT2D eigenvalue weighted by atomic mass is 32.2. The summed E-state index contributed by atoms with van der Waals surface area (Å²) in [6, 6.07) is 13.1. The molecule has 0 nitrogen and oxygen atoms in total. The van der Waals surface area contributed by atoms with Crippen molar-refractivity contribution in [2.24, 2.45) is 0 Å². The summed E-state index contributed by atoms with van der Waals surface area (Å²) in [5.74, 6) is 0. The standard InChI is InChI=1S/C13H10S/c1-9-6-12-7-10-4-2-3-5-11(10)8-13(12)14-9/h2-5,7-8H,1,6H2. The van der Waals surface area contributed by atoms with Crippen molar-refractivity contribution in [1.82, 2.24) is 0 Å². The normalized spacial score (nSPS) is 14.7. The van der Waals surface area contributed by atoms with Crippen LogP contribution in [-0.4, -0.2) is 0 Å². The molecule has 0 bridgehead atoms. The topological polar surface area (TPSA) is 0 Å². The Labute approximate surface area is 87.6 Å². The van der Waals surface area contributed by atoms with E-state index in [-0.39, 0.29) is 0 Å². The average Bonchev–Trinajstić information content (AvgIpc) is 2.53. The number of fused-ring (bicyclic) bond motifs is 2. The van der Waals surface area contributed by atoms with Crippen LogP contribution in [0.25, 0.3) is 10.8 Å². The molecular weight excluding hydrogens is 188 g/mol. The van der Waals surface area contributed by atoms with Crippen LogP contribution in [0.3, 0.4) is 0 Å². The van der Waals surface area contributed by atoms with Gasteiger partial charge in [-0.25, -0.2) is 0 Å². The van der Waals surface area contributed by atoms with Gasteiger partial charge >= 0.3 is 0 Å². The van der Waals surface area contributed by atoms with Crippen LogP contribution in [0.15, 0.2) is 52.8 Å². The molecule has 1 aliphatic rings. The van der Waals surface area contributed by atoms with E-state index in [1.54, 1.807) is 0 Å². The van der Waals surface area contributed by atoms with E-state index in [2.05, 4.69) is 43.0 Å². The monoisotopic (exact) mass is 198 g/mol. The fraction of sp³-hybridized carbons (Fsp3) is 0.0769. The molecule has 1 heteroatoms. The summed E-state index contributed by atoms with van der Waals surface area (Å²) in [5.41, 5.74) is 1.43. The molecule has 1 heterocycles. The quantitative estimate of drug-likeness (QED) is 0.616. The minimum absolute atomic E-state index is 1.03. The fourth-order valence-electron chi connectivity index (χ4n) is 1.90. The van der Waals surface area contributed by atoms with Crippen molar-refractivity contribution in [3.05, 3.63) is 53.4 Å². The highest BCUT2D eigenvalue weighted by Gasteiger charge is 2.14. The van der Waals surface area contributed by atoms with Gasteiger partial charge in [-0.05, 0) is 33.4 Å². The van der Waals surface area contributed by atoms with E-state index in [9.17, 15) is 0 Å². The molecule has 0 amide bonds. The van der Waals surface area contributed by atoms with Gasteiger partial charge in [0.05, 0.1) is 0 Å². The van der Waals surface area contributed by atoms with Gasteiger partial charge in [-0.1, -0.05) is 42.6 Å². The summed E-state index contributed by atoms with van der Waals surface area (Å²) in [4.78, 5) is 2.64. The first-order valence-electron chi connectivity index (χ1n) is 4.70. The lowest BCUT2D eigenvalue weighted by atomic mass is 10.1. The van der Waals surface area contributed by atoms with E-state index in [4.69, 9.17) is 0 Å². The van der Waals surface area contributed by atoms with Crippen LogP contribution < -0.4 is 0 Å². The van der Waals surface area contributed by atoms with Crippen LogP contribution in [0, 0.1) is 0 Å². The van der Waals surface area contributed by atoms with Crippen molar-refractivity contribution in [1.29, 1.82) is 0 Å². The number of allylic oxidation sites excluding steroid dienone is 1. The minimum atomic E-state index is 1.03. The summed E-state index contributed by atoms with van der Waals surface area (Å²) in [6.07, 6.45) is 1.03. The van der Waals surface area contributed by atoms with Gasteiger partial charge < -0.3 is 0 Å². The molecule has 68 valence electrons. The van der Waals surface area contributed by atoms with Crippen LogP contribution in [0.1, 0.15) is 5.56 Å². The highest BCUT2D eigenvalue weighted by molar-refractivity contribution is 8.03. The lowest BCUT2D eigenvalue weighted by Gasteiger charge is -2.01. The zero-order valence-corrected chi connectivity index (χ0v) is 8.60. The maximum Gasteiger partial charge on any atom is 0.0160 e. The van der Waals surface area contributed by atoms with Crippen molar-refractivity contribution in [2.45, 2.75) is 11.3 Å². The van der Waals surface area contributed by atoms with Crippen molar-refractivity contribution >= 4 is 22.5 Å². The molecule has 0 fully saturated rings. The van der Waals surface area contributed by atoms with Crippen molar-refractivity contribution in [3.63, 3.8) is 0 Å². The van der Waals surface area contributed by atoms with Crippen LogP contribution >= 0.6 is 11.8 Å². The van der Waals surface area contributed by atoms with E-state index in [1.807, 2.05) is 11.8 Å². The number of hydrogen-bond donors (Lipinski definition) is 0. The Kier molecular flexibility index (Phi) is 1.68. The predicted octanol–water partition coefficient (Wildman–Crippen LogP) is 4.00. The summed E-state index contributed by atoms with van der Waals surface area (Å²) >= 11 is 1.81. The van der Waals surface area contributed by atoms with Gasteiger partial charge in [0.15, 0.2) is 0 Å². The molecule has 0 aliphatic carbocycles. The van der Waals surface area contributed by atoms with Crippen LogP contribution in [0.2, 0.25) is 0 Å². The second kappa shape index (κ2) is 2.89. The summed E-state index contributed by atoms with van der Waals surface area (Å²) < 4.78 is 0. The molecule has 0 spiro atoms. The van der Waals surface area contributed by atoms with Gasteiger partial charge in [0.25, 0.3) is 0 Å². The molecular formula is C13H10S. The summed E-state index contributed by atoms with van der Waals surface area (Å²) in [6.45, 7) is 4.02. The van der Waals surface area contributed by atoms with Gasteiger partial charge in [-0.2, -0.15) is 0 Å². The molecule has 0 N–H and O–H groups in total. The van der Waals surface area contributed by atoms with Gasteiger partial charge in [0, 0.05) is 11.3 Å². The minimum Gasteiger partial charge on any atom is -0.0945 e. The first kappa shape index (κ1) is 8.13. The van der Waals surface area contributed by atoms with E-state index >= 15 is 0 Å². The largest absolute Gasteiger partial charge is 0.0945 e. The highest BCUT2D eigenvalue weighted by Crippen LogP contribution is 2.40. The zero-order valence-electron chi connectivity index (χ0n) is 7.79. The predicted molar refractivity (Wildman–Crippen MR) is 62.6 cm³/mol. The molecule has 0 unspecified atom stereocenters. The Bertz CT molecular complexity index is 479. The lowest BCUT2D eigenvalue weighted by Crippen LogP contribution is -1.80. The van der Waals surface area contributed by atoms with Gasteiger partial charge in [0.1, 0.15) is 0 Å². The van der Waals surface area contributed by atoms with Crippen molar-refractivity contribution in [3.8, 4) is 0 Å². The molecule has 2 aromatic carbocycles. The Morgan fingerprint density at radius 3 is 2.57 bits per heavy atom. The number of rotatable bonds is 0. The maximum atomic E-state index is 4.02.